The summed E-state index contributed by atoms with van der Waals surface area (Å²) >= 11 is 0. The lowest BCUT2D eigenvalue weighted by molar-refractivity contribution is -0.274. The Morgan fingerprint density at radius 2 is 1.91 bits per heavy atom. The Balaban J connectivity index is 1.87. The topological polar surface area (TPSA) is 87.6 Å². The van der Waals surface area contributed by atoms with Crippen LogP contribution < -0.4 is 15.0 Å². The standard InChI is InChI=1S/C24H31F3N4O3/c1-15(2)11-12-31(4)21-20(16-5-9-18(10-6-16)34-24(25,26)27)30-19(13-28-21)22(32)29-14-23(3,33)17-7-8-17/h5-6,9-10,13,15,17,33H,7-8,11-12,14H2,1-4H3,(H,29,32)/t23-/m0/s1. The van der Waals surface area contributed by atoms with Gasteiger partial charge in [0.25, 0.3) is 5.91 Å². The van der Waals surface area contributed by atoms with Gasteiger partial charge in [-0.3, -0.25) is 4.79 Å². The zero-order valence-corrected chi connectivity index (χ0v) is 19.8. The van der Waals surface area contributed by atoms with E-state index in [1.165, 1.54) is 30.5 Å². The molecule has 2 aromatic rings. The van der Waals surface area contributed by atoms with Gasteiger partial charge in [-0.15, -0.1) is 13.2 Å². The molecule has 1 heterocycles. The van der Waals surface area contributed by atoms with Crippen molar-refractivity contribution in [3.63, 3.8) is 0 Å². The second-order valence-electron chi connectivity index (χ2n) is 9.42. The molecule has 34 heavy (non-hydrogen) atoms. The Morgan fingerprint density at radius 3 is 2.47 bits per heavy atom. The number of halogens is 3. The summed E-state index contributed by atoms with van der Waals surface area (Å²) in [6.45, 7) is 6.67. The molecule has 1 amide bonds. The molecule has 0 bridgehead atoms. The van der Waals surface area contributed by atoms with Crippen LogP contribution in [0.25, 0.3) is 11.3 Å². The van der Waals surface area contributed by atoms with Crippen molar-refractivity contribution in [3.8, 4) is 17.0 Å². The van der Waals surface area contributed by atoms with Crippen LogP contribution in [0.3, 0.4) is 0 Å². The van der Waals surface area contributed by atoms with E-state index < -0.39 is 17.9 Å². The third-order valence-electron chi connectivity index (χ3n) is 5.81. The molecule has 1 aliphatic carbocycles. The molecular formula is C24H31F3N4O3. The van der Waals surface area contributed by atoms with Crippen molar-refractivity contribution >= 4 is 11.7 Å². The summed E-state index contributed by atoms with van der Waals surface area (Å²) in [5.74, 6) is 0.302. The van der Waals surface area contributed by atoms with Crippen molar-refractivity contribution in [3.05, 3.63) is 36.2 Å². The minimum absolute atomic E-state index is 0.0539. The van der Waals surface area contributed by atoms with Gasteiger partial charge >= 0.3 is 6.36 Å². The molecule has 1 fully saturated rings. The number of alkyl halides is 3. The van der Waals surface area contributed by atoms with Crippen LogP contribution in [0, 0.1) is 11.8 Å². The van der Waals surface area contributed by atoms with Crippen molar-refractivity contribution in [2.75, 3.05) is 25.0 Å². The van der Waals surface area contributed by atoms with Gasteiger partial charge in [0.15, 0.2) is 5.82 Å². The lowest BCUT2D eigenvalue weighted by Gasteiger charge is -2.24. The predicted octanol–water partition coefficient (Wildman–Crippen LogP) is 4.42. The molecular weight excluding hydrogens is 449 g/mol. The Morgan fingerprint density at radius 1 is 1.26 bits per heavy atom. The minimum Gasteiger partial charge on any atom is -0.406 e. The molecule has 0 saturated heterocycles. The number of ether oxygens (including phenoxy) is 1. The van der Waals surface area contributed by atoms with Crippen molar-refractivity contribution in [2.45, 2.75) is 52.0 Å². The number of aromatic nitrogens is 2. The molecule has 10 heteroatoms. The minimum atomic E-state index is -4.79. The van der Waals surface area contributed by atoms with Crippen LogP contribution in [-0.2, 0) is 0 Å². The normalized spacial score (nSPS) is 15.7. The van der Waals surface area contributed by atoms with Gasteiger partial charge in [-0.1, -0.05) is 13.8 Å². The van der Waals surface area contributed by atoms with Crippen molar-refractivity contribution in [1.29, 1.82) is 0 Å². The highest BCUT2D eigenvalue weighted by atomic mass is 19.4. The first-order valence-corrected chi connectivity index (χ1v) is 11.3. The number of rotatable bonds is 10. The van der Waals surface area contributed by atoms with Crippen LogP contribution >= 0.6 is 0 Å². The highest BCUT2D eigenvalue weighted by Crippen LogP contribution is 2.39. The van der Waals surface area contributed by atoms with Crippen molar-refractivity contribution in [2.24, 2.45) is 11.8 Å². The third kappa shape index (κ3) is 7.06. The number of anilines is 1. The van der Waals surface area contributed by atoms with E-state index in [0.29, 0.717) is 29.5 Å². The number of carbonyl (C=O) groups excluding carboxylic acids is 1. The number of nitrogens with one attached hydrogen (secondary N) is 1. The average molecular weight is 481 g/mol. The van der Waals surface area contributed by atoms with Gasteiger partial charge in [-0.25, -0.2) is 9.97 Å². The van der Waals surface area contributed by atoms with Crippen LogP contribution in [0.2, 0.25) is 0 Å². The van der Waals surface area contributed by atoms with E-state index in [2.05, 4.69) is 33.9 Å². The van der Waals surface area contributed by atoms with Crippen molar-refractivity contribution < 1.29 is 27.8 Å². The maximum atomic E-state index is 12.7. The Hall–Kier alpha value is -2.88. The summed E-state index contributed by atoms with van der Waals surface area (Å²) in [7, 11) is 1.85. The van der Waals surface area contributed by atoms with Gasteiger partial charge in [0.2, 0.25) is 0 Å². The van der Waals surface area contributed by atoms with Crippen LogP contribution in [0.15, 0.2) is 30.5 Å². The van der Waals surface area contributed by atoms with Crippen LogP contribution in [-0.4, -0.2) is 53.1 Å². The number of hydrogen-bond acceptors (Lipinski definition) is 6. The first kappa shape index (κ1) is 25.7. The van der Waals surface area contributed by atoms with E-state index in [-0.39, 0.29) is 23.9 Å². The van der Waals surface area contributed by atoms with E-state index in [1.807, 2.05) is 11.9 Å². The first-order valence-electron chi connectivity index (χ1n) is 11.3. The number of amides is 1. The summed E-state index contributed by atoms with van der Waals surface area (Å²) in [5, 5.41) is 13.2. The molecule has 1 saturated carbocycles. The molecule has 7 nitrogen and oxygen atoms in total. The molecule has 186 valence electrons. The molecule has 1 atom stereocenters. The van der Waals surface area contributed by atoms with Gasteiger partial charge in [-0.2, -0.15) is 0 Å². The predicted molar refractivity (Wildman–Crippen MR) is 123 cm³/mol. The molecule has 0 spiro atoms. The number of aliphatic hydroxyl groups is 1. The molecule has 0 aliphatic heterocycles. The fourth-order valence-electron chi connectivity index (χ4n) is 3.54. The zero-order chi connectivity index (χ0) is 25.1. The first-order chi connectivity index (χ1) is 15.9. The summed E-state index contributed by atoms with van der Waals surface area (Å²) in [6, 6.07) is 5.29. The molecule has 1 aliphatic rings. The van der Waals surface area contributed by atoms with Gasteiger partial charge < -0.3 is 20.1 Å². The Kier molecular flexibility index (Phi) is 7.70. The number of nitrogens with zero attached hydrogens (tertiary/aromatic N) is 3. The largest absolute Gasteiger partial charge is 0.573 e. The maximum Gasteiger partial charge on any atom is 0.573 e. The second-order valence-corrected chi connectivity index (χ2v) is 9.42. The SMILES string of the molecule is CC(C)CCN(C)c1ncc(C(=O)NC[C@](C)(O)C2CC2)nc1-c1ccc(OC(F)(F)F)cc1. The molecule has 1 aromatic heterocycles. The van der Waals surface area contributed by atoms with E-state index in [0.717, 1.165) is 19.3 Å². The van der Waals surface area contributed by atoms with Crippen molar-refractivity contribution in [1.82, 2.24) is 15.3 Å². The highest BCUT2D eigenvalue weighted by Gasteiger charge is 2.40. The lowest BCUT2D eigenvalue weighted by atomic mass is 10.0. The van der Waals surface area contributed by atoms with E-state index in [9.17, 15) is 23.1 Å². The number of benzene rings is 1. The molecule has 2 N–H and O–H groups in total. The fraction of sp³-hybridized carbons (Fsp3) is 0.542. The lowest BCUT2D eigenvalue weighted by Crippen LogP contribution is -2.42. The van der Waals surface area contributed by atoms with Gasteiger partial charge in [0, 0.05) is 25.7 Å². The van der Waals surface area contributed by atoms with E-state index in [4.69, 9.17) is 0 Å². The van der Waals surface area contributed by atoms with Crippen LogP contribution in [0.5, 0.6) is 5.75 Å². The summed E-state index contributed by atoms with van der Waals surface area (Å²) in [5.41, 5.74) is -0.0743. The van der Waals surface area contributed by atoms with E-state index in [1.54, 1.807) is 6.92 Å². The second kappa shape index (κ2) is 10.2. The molecule has 0 radical (unpaired) electrons. The van der Waals surface area contributed by atoms with Gasteiger partial charge in [0.05, 0.1) is 11.8 Å². The molecule has 3 rings (SSSR count). The summed E-state index contributed by atoms with van der Waals surface area (Å²) in [6.07, 6.45) is -0.665. The van der Waals surface area contributed by atoms with E-state index >= 15 is 0 Å². The molecule has 0 unspecified atom stereocenters. The fourth-order valence-corrected chi connectivity index (χ4v) is 3.54. The number of carbonyl (C=O) groups is 1. The summed E-state index contributed by atoms with van der Waals surface area (Å²) in [4.78, 5) is 23.6. The highest BCUT2D eigenvalue weighted by molar-refractivity contribution is 5.93. The Bertz CT molecular complexity index is 990. The summed E-state index contributed by atoms with van der Waals surface area (Å²) < 4.78 is 41.5. The van der Waals surface area contributed by atoms with Gasteiger partial charge in [-0.05, 0) is 62.3 Å². The smallest absolute Gasteiger partial charge is 0.406 e. The average Bonchev–Trinajstić information content (AvgIpc) is 3.61. The van der Waals surface area contributed by atoms with Crippen LogP contribution in [0.1, 0.15) is 50.5 Å². The maximum absolute atomic E-state index is 12.7. The zero-order valence-electron chi connectivity index (χ0n) is 19.8. The monoisotopic (exact) mass is 480 g/mol. The Labute approximate surface area is 197 Å². The quantitative estimate of drug-likeness (QED) is 0.524. The van der Waals surface area contributed by atoms with Gasteiger partial charge in [0.1, 0.15) is 17.1 Å². The number of hydrogen-bond donors (Lipinski definition) is 2. The third-order valence-corrected chi connectivity index (χ3v) is 5.81. The van der Waals surface area contributed by atoms with Crippen LogP contribution in [0.4, 0.5) is 19.0 Å². The molecule has 1 aromatic carbocycles.